The maximum absolute atomic E-state index is 13.1. The summed E-state index contributed by atoms with van der Waals surface area (Å²) in [5, 5.41) is 18.7. The van der Waals surface area contributed by atoms with E-state index in [0.29, 0.717) is 11.1 Å². The summed E-state index contributed by atoms with van der Waals surface area (Å²) in [5.74, 6) is -1.38. The van der Waals surface area contributed by atoms with Crippen LogP contribution in [0.1, 0.15) is 11.1 Å². The molecule has 1 aliphatic rings. The summed E-state index contributed by atoms with van der Waals surface area (Å²) in [4.78, 5) is 25.7. The lowest BCUT2D eigenvalue weighted by Gasteiger charge is -2.13. The van der Waals surface area contributed by atoms with Crippen LogP contribution in [0, 0.1) is 5.82 Å². The summed E-state index contributed by atoms with van der Waals surface area (Å²) in [6, 6.07) is 7.64. The Kier molecular flexibility index (Phi) is 4.69. The fourth-order valence-electron chi connectivity index (χ4n) is 2.25. The van der Waals surface area contributed by atoms with Gasteiger partial charge in [-0.25, -0.2) is 4.39 Å². The topological polar surface area (TPSA) is 77.8 Å². The molecule has 0 aromatic heterocycles. The second-order valence-corrected chi connectivity index (χ2v) is 6.65. The van der Waals surface area contributed by atoms with Crippen molar-refractivity contribution in [2.45, 2.75) is 6.54 Å². The van der Waals surface area contributed by atoms with E-state index >= 15 is 0 Å². The van der Waals surface area contributed by atoms with E-state index in [1.165, 1.54) is 30.3 Å². The molecule has 2 aromatic rings. The van der Waals surface area contributed by atoms with Crippen molar-refractivity contribution in [2.75, 3.05) is 0 Å². The minimum Gasteiger partial charge on any atom is -0.508 e. The van der Waals surface area contributed by atoms with Gasteiger partial charge >= 0.3 is 0 Å². The zero-order chi connectivity index (χ0) is 18.1. The molecular weight excluding hydrogens is 369 g/mol. The SMILES string of the molecule is O=C1S/C(=C\c2ccc(O)cc2O)C(=O)N1Cc1ccc(F)cc1Cl. The summed E-state index contributed by atoms with van der Waals surface area (Å²) >= 11 is 6.66. The number of carbonyl (C=O) groups excluding carboxylic acids is 2. The Bertz CT molecular complexity index is 916. The standard InChI is InChI=1S/C17H11ClFNO4S/c18-13-6-11(19)3-1-10(13)8-20-16(23)15(25-17(20)24)5-9-2-4-12(21)7-14(9)22/h1-7,21-22H,8H2/b15-5-. The van der Waals surface area contributed by atoms with Gasteiger partial charge in [-0.15, -0.1) is 0 Å². The molecule has 0 aliphatic carbocycles. The van der Waals surface area contributed by atoms with Crippen LogP contribution in [0.2, 0.25) is 5.02 Å². The van der Waals surface area contributed by atoms with E-state index in [-0.39, 0.29) is 28.0 Å². The lowest BCUT2D eigenvalue weighted by atomic mass is 10.1. The van der Waals surface area contributed by atoms with Crippen LogP contribution in [0.5, 0.6) is 11.5 Å². The highest BCUT2D eigenvalue weighted by atomic mass is 35.5. The second kappa shape index (κ2) is 6.78. The highest BCUT2D eigenvalue weighted by Gasteiger charge is 2.35. The Labute approximate surface area is 151 Å². The molecule has 1 saturated heterocycles. The molecule has 1 aliphatic heterocycles. The van der Waals surface area contributed by atoms with Crippen molar-refractivity contribution >= 4 is 40.6 Å². The van der Waals surface area contributed by atoms with Crippen molar-refractivity contribution < 1.29 is 24.2 Å². The largest absolute Gasteiger partial charge is 0.508 e. The van der Waals surface area contributed by atoms with Gasteiger partial charge < -0.3 is 10.2 Å². The third kappa shape index (κ3) is 3.62. The lowest BCUT2D eigenvalue weighted by molar-refractivity contribution is -0.123. The molecule has 25 heavy (non-hydrogen) atoms. The van der Waals surface area contributed by atoms with E-state index in [4.69, 9.17) is 11.6 Å². The van der Waals surface area contributed by atoms with Crippen LogP contribution in [0.15, 0.2) is 41.3 Å². The molecule has 1 heterocycles. The number of hydrogen-bond donors (Lipinski definition) is 2. The van der Waals surface area contributed by atoms with E-state index in [1.54, 1.807) is 0 Å². The predicted molar refractivity (Wildman–Crippen MR) is 92.7 cm³/mol. The molecule has 3 rings (SSSR count). The second-order valence-electron chi connectivity index (χ2n) is 5.25. The predicted octanol–water partition coefficient (Wildman–Crippen LogP) is 4.13. The Balaban J connectivity index is 1.86. The monoisotopic (exact) mass is 379 g/mol. The number of aromatic hydroxyl groups is 2. The first-order valence-corrected chi connectivity index (χ1v) is 8.26. The fourth-order valence-corrected chi connectivity index (χ4v) is 3.31. The average molecular weight is 380 g/mol. The van der Waals surface area contributed by atoms with Crippen LogP contribution >= 0.6 is 23.4 Å². The van der Waals surface area contributed by atoms with Gasteiger partial charge in [0.15, 0.2) is 0 Å². The molecule has 0 bridgehead atoms. The van der Waals surface area contributed by atoms with Gasteiger partial charge in [-0.05, 0) is 47.7 Å². The maximum Gasteiger partial charge on any atom is 0.293 e. The minimum atomic E-state index is -0.539. The number of benzene rings is 2. The van der Waals surface area contributed by atoms with Gasteiger partial charge in [0.25, 0.3) is 11.1 Å². The molecular formula is C17H11ClFNO4S. The normalized spacial score (nSPS) is 16.1. The van der Waals surface area contributed by atoms with Crippen molar-refractivity contribution in [3.8, 4) is 11.5 Å². The van der Waals surface area contributed by atoms with Crippen molar-refractivity contribution in [3.63, 3.8) is 0 Å². The van der Waals surface area contributed by atoms with E-state index in [0.717, 1.165) is 28.8 Å². The Morgan fingerprint density at radius 2 is 1.92 bits per heavy atom. The van der Waals surface area contributed by atoms with Crippen LogP contribution < -0.4 is 0 Å². The molecule has 0 atom stereocenters. The molecule has 0 radical (unpaired) electrons. The quantitative estimate of drug-likeness (QED) is 0.784. The first kappa shape index (κ1) is 17.3. The van der Waals surface area contributed by atoms with Gasteiger partial charge in [0.2, 0.25) is 0 Å². The Hall–Kier alpha value is -2.51. The zero-order valence-corrected chi connectivity index (χ0v) is 14.1. The smallest absolute Gasteiger partial charge is 0.293 e. The van der Waals surface area contributed by atoms with E-state index < -0.39 is 17.0 Å². The van der Waals surface area contributed by atoms with E-state index in [2.05, 4.69) is 0 Å². The van der Waals surface area contributed by atoms with Gasteiger partial charge in [0.05, 0.1) is 11.4 Å². The number of amides is 2. The number of carbonyl (C=O) groups is 2. The minimum absolute atomic E-state index is 0.0807. The van der Waals surface area contributed by atoms with Crippen molar-refractivity contribution in [3.05, 3.63) is 63.3 Å². The molecule has 2 amide bonds. The van der Waals surface area contributed by atoms with Crippen molar-refractivity contribution in [1.82, 2.24) is 4.90 Å². The summed E-state index contributed by atoms with van der Waals surface area (Å²) in [6.07, 6.45) is 1.37. The summed E-state index contributed by atoms with van der Waals surface area (Å²) in [6.45, 7) is -0.0807. The van der Waals surface area contributed by atoms with Gasteiger partial charge in [0.1, 0.15) is 17.3 Å². The summed E-state index contributed by atoms with van der Waals surface area (Å²) < 4.78 is 13.1. The number of thioether (sulfide) groups is 1. The van der Waals surface area contributed by atoms with Crippen molar-refractivity contribution in [2.24, 2.45) is 0 Å². The number of imide groups is 1. The number of phenols is 2. The number of hydrogen-bond acceptors (Lipinski definition) is 5. The molecule has 5 nitrogen and oxygen atoms in total. The highest BCUT2D eigenvalue weighted by molar-refractivity contribution is 8.18. The molecule has 0 unspecified atom stereocenters. The first-order valence-electron chi connectivity index (χ1n) is 7.06. The third-order valence-corrected chi connectivity index (χ3v) is 4.78. The van der Waals surface area contributed by atoms with Crippen LogP contribution in [-0.4, -0.2) is 26.3 Å². The lowest BCUT2D eigenvalue weighted by Crippen LogP contribution is -2.27. The Morgan fingerprint density at radius 3 is 2.60 bits per heavy atom. The highest BCUT2D eigenvalue weighted by Crippen LogP contribution is 2.36. The summed E-state index contributed by atoms with van der Waals surface area (Å²) in [5.41, 5.74) is 0.738. The number of halogens is 2. The van der Waals surface area contributed by atoms with Crippen LogP contribution in [0.25, 0.3) is 6.08 Å². The summed E-state index contributed by atoms with van der Waals surface area (Å²) in [7, 11) is 0. The number of phenolic OH excluding ortho intramolecular Hbond substituents is 2. The van der Waals surface area contributed by atoms with E-state index in [1.807, 2.05) is 0 Å². The maximum atomic E-state index is 13.1. The molecule has 128 valence electrons. The first-order chi connectivity index (χ1) is 11.8. The van der Waals surface area contributed by atoms with Crippen LogP contribution in [0.3, 0.4) is 0 Å². The van der Waals surface area contributed by atoms with Crippen LogP contribution in [-0.2, 0) is 11.3 Å². The van der Waals surface area contributed by atoms with E-state index in [9.17, 15) is 24.2 Å². The molecule has 8 heteroatoms. The van der Waals surface area contributed by atoms with Gasteiger partial charge in [0, 0.05) is 16.7 Å². The molecule has 2 aromatic carbocycles. The number of nitrogens with zero attached hydrogens (tertiary/aromatic N) is 1. The van der Waals surface area contributed by atoms with Gasteiger partial charge in [-0.2, -0.15) is 0 Å². The van der Waals surface area contributed by atoms with Crippen molar-refractivity contribution in [1.29, 1.82) is 0 Å². The Morgan fingerprint density at radius 1 is 1.16 bits per heavy atom. The van der Waals surface area contributed by atoms with Gasteiger partial charge in [-0.3, -0.25) is 14.5 Å². The zero-order valence-electron chi connectivity index (χ0n) is 12.6. The average Bonchev–Trinajstić information content (AvgIpc) is 2.80. The molecule has 1 fully saturated rings. The fraction of sp³-hybridized carbons (Fsp3) is 0.0588. The molecule has 2 N–H and O–H groups in total. The van der Waals surface area contributed by atoms with Gasteiger partial charge in [-0.1, -0.05) is 17.7 Å². The molecule has 0 spiro atoms. The number of rotatable bonds is 3. The third-order valence-electron chi connectivity index (χ3n) is 3.52. The molecule has 0 saturated carbocycles. The van der Waals surface area contributed by atoms with Crippen LogP contribution in [0.4, 0.5) is 9.18 Å².